The number of amides is 2. The molecule has 0 radical (unpaired) electrons. The Balaban J connectivity index is 1.91. The summed E-state index contributed by atoms with van der Waals surface area (Å²) in [6.45, 7) is 0. The highest BCUT2D eigenvalue weighted by atomic mass is 35.5. The zero-order valence-corrected chi connectivity index (χ0v) is 14.2. The van der Waals surface area contributed by atoms with Crippen LogP contribution in [-0.4, -0.2) is 18.9 Å². The van der Waals surface area contributed by atoms with Gasteiger partial charge in [0, 0.05) is 11.4 Å². The second-order valence-electron chi connectivity index (χ2n) is 5.20. The molecule has 0 bridgehead atoms. The largest absolute Gasteiger partial charge is 0.495 e. The van der Waals surface area contributed by atoms with Gasteiger partial charge in [-0.25, -0.2) is 0 Å². The Hall–Kier alpha value is -2.74. The van der Waals surface area contributed by atoms with Crippen LogP contribution in [0.2, 0.25) is 5.02 Å². The third-order valence-electron chi connectivity index (χ3n) is 3.25. The van der Waals surface area contributed by atoms with Crippen molar-refractivity contribution in [2.75, 3.05) is 17.7 Å². The van der Waals surface area contributed by atoms with Crippen LogP contribution in [0.25, 0.3) is 0 Å². The number of halogens is 4. The van der Waals surface area contributed by atoms with Crippen molar-refractivity contribution < 1.29 is 27.5 Å². The Morgan fingerprint density at radius 2 is 1.54 bits per heavy atom. The van der Waals surface area contributed by atoms with Crippen LogP contribution in [0.1, 0.15) is 12.0 Å². The Labute approximate surface area is 152 Å². The quantitative estimate of drug-likeness (QED) is 0.751. The zero-order valence-electron chi connectivity index (χ0n) is 13.5. The second-order valence-corrected chi connectivity index (χ2v) is 5.60. The van der Waals surface area contributed by atoms with Crippen LogP contribution in [-0.2, 0) is 15.8 Å². The number of hydrogen-bond acceptors (Lipinski definition) is 3. The van der Waals surface area contributed by atoms with Gasteiger partial charge in [-0.2, -0.15) is 13.2 Å². The number of rotatable bonds is 5. The second kappa shape index (κ2) is 8.09. The average Bonchev–Trinajstić information content (AvgIpc) is 2.54. The van der Waals surface area contributed by atoms with Gasteiger partial charge in [0.05, 0.1) is 17.7 Å². The average molecular weight is 387 g/mol. The number of carbonyl (C=O) groups is 2. The van der Waals surface area contributed by atoms with Crippen LogP contribution >= 0.6 is 11.6 Å². The fraction of sp³-hybridized carbons (Fsp3) is 0.176. The first-order chi connectivity index (χ1) is 12.2. The first-order valence-electron chi connectivity index (χ1n) is 7.29. The van der Waals surface area contributed by atoms with Gasteiger partial charge in [0.25, 0.3) is 0 Å². The minimum absolute atomic E-state index is 0.156. The van der Waals surface area contributed by atoms with Crippen molar-refractivity contribution in [3.05, 3.63) is 53.1 Å². The van der Waals surface area contributed by atoms with Crippen molar-refractivity contribution in [1.82, 2.24) is 0 Å². The zero-order chi connectivity index (χ0) is 19.3. The smallest absolute Gasteiger partial charge is 0.416 e. The molecule has 2 aromatic carbocycles. The number of alkyl halides is 3. The molecular formula is C17H14ClF3N2O3. The molecule has 0 aliphatic heterocycles. The van der Waals surface area contributed by atoms with E-state index in [1.807, 2.05) is 0 Å². The molecule has 2 N–H and O–H groups in total. The number of carbonyl (C=O) groups excluding carboxylic acids is 2. The van der Waals surface area contributed by atoms with Crippen molar-refractivity contribution in [3.63, 3.8) is 0 Å². The van der Waals surface area contributed by atoms with Gasteiger partial charge in [-0.1, -0.05) is 11.6 Å². The highest BCUT2D eigenvalue weighted by Gasteiger charge is 2.30. The summed E-state index contributed by atoms with van der Waals surface area (Å²) in [7, 11) is 1.45. The fourth-order valence-electron chi connectivity index (χ4n) is 2.04. The SMILES string of the molecule is COc1ccc(NC(=O)CC(=O)Nc2ccc(C(F)(F)F)cc2)cc1Cl. The van der Waals surface area contributed by atoms with Gasteiger partial charge >= 0.3 is 6.18 Å². The molecular weight excluding hydrogens is 373 g/mol. The van der Waals surface area contributed by atoms with E-state index in [-0.39, 0.29) is 5.69 Å². The monoisotopic (exact) mass is 386 g/mol. The molecule has 0 fully saturated rings. The summed E-state index contributed by atoms with van der Waals surface area (Å²) in [6.07, 6.45) is -4.97. The third kappa shape index (κ3) is 5.38. The predicted octanol–water partition coefficient (Wildman–Crippen LogP) is 4.33. The number of ether oxygens (including phenoxy) is 1. The summed E-state index contributed by atoms with van der Waals surface area (Å²) < 4.78 is 42.4. The number of anilines is 2. The molecule has 5 nitrogen and oxygen atoms in total. The number of hydrogen-bond donors (Lipinski definition) is 2. The lowest BCUT2D eigenvalue weighted by Crippen LogP contribution is -2.21. The molecule has 2 rings (SSSR count). The number of benzene rings is 2. The maximum Gasteiger partial charge on any atom is 0.416 e. The maximum atomic E-state index is 12.5. The van der Waals surface area contributed by atoms with Gasteiger partial charge in [-0.15, -0.1) is 0 Å². The van der Waals surface area contributed by atoms with Gasteiger partial charge < -0.3 is 15.4 Å². The van der Waals surface area contributed by atoms with E-state index in [0.717, 1.165) is 24.3 Å². The number of methoxy groups -OCH3 is 1. The van der Waals surface area contributed by atoms with Crippen molar-refractivity contribution in [1.29, 1.82) is 0 Å². The fourth-order valence-corrected chi connectivity index (χ4v) is 2.30. The molecule has 0 atom stereocenters. The molecule has 0 saturated heterocycles. The lowest BCUT2D eigenvalue weighted by Gasteiger charge is -2.10. The molecule has 0 unspecified atom stereocenters. The summed E-state index contributed by atoms with van der Waals surface area (Å²) >= 11 is 5.94. The van der Waals surface area contributed by atoms with Crippen molar-refractivity contribution in [2.45, 2.75) is 12.6 Å². The standard InChI is InChI=1S/C17H14ClF3N2O3/c1-26-14-7-6-12(8-13(14)18)23-16(25)9-15(24)22-11-4-2-10(3-5-11)17(19,20)21/h2-8H,9H2,1H3,(H,22,24)(H,23,25). The number of nitrogens with one attached hydrogen (secondary N) is 2. The topological polar surface area (TPSA) is 67.4 Å². The Morgan fingerprint density at radius 1 is 1.00 bits per heavy atom. The van der Waals surface area contributed by atoms with E-state index < -0.39 is 30.0 Å². The van der Waals surface area contributed by atoms with E-state index in [1.165, 1.54) is 13.2 Å². The van der Waals surface area contributed by atoms with Crippen molar-refractivity contribution in [2.24, 2.45) is 0 Å². The van der Waals surface area contributed by atoms with Crippen molar-refractivity contribution >= 4 is 34.8 Å². The molecule has 0 saturated carbocycles. The van der Waals surface area contributed by atoms with E-state index in [0.29, 0.717) is 16.5 Å². The minimum Gasteiger partial charge on any atom is -0.495 e. The first-order valence-corrected chi connectivity index (χ1v) is 7.67. The Bertz CT molecular complexity index is 808. The molecule has 0 aromatic heterocycles. The summed E-state index contributed by atoms with van der Waals surface area (Å²) in [4.78, 5) is 23.7. The molecule has 2 amide bonds. The lowest BCUT2D eigenvalue weighted by atomic mass is 10.2. The summed E-state index contributed by atoms with van der Waals surface area (Å²) in [5, 5.41) is 5.14. The van der Waals surface area contributed by atoms with E-state index in [2.05, 4.69) is 10.6 Å². The van der Waals surface area contributed by atoms with Crippen molar-refractivity contribution in [3.8, 4) is 5.75 Å². The molecule has 2 aromatic rings. The predicted molar refractivity (Wildman–Crippen MR) is 91.3 cm³/mol. The van der Waals surface area contributed by atoms with Gasteiger partial charge in [-0.05, 0) is 42.5 Å². The van der Waals surface area contributed by atoms with Crippen LogP contribution in [0.5, 0.6) is 5.75 Å². The molecule has 138 valence electrons. The molecule has 26 heavy (non-hydrogen) atoms. The lowest BCUT2D eigenvalue weighted by molar-refractivity contribution is -0.137. The van der Waals surface area contributed by atoms with Gasteiger partial charge in [0.1, 0.15) is 12.2 Å². The van der Waals surface area contributed by atoms with Gasteiger partial charge in [0.2, 0.25) is 11.8 Å². The molecule has 0 aliphatic carbocycles. The minimum atomic E-state index is -4.46. The summed E-state index contributed by atoms with van der Waals surface area (Å²) in [5.41, 5.74) is -0.295. The first kappa shape index (κ1) is 19.6. The van der Waals surface area contributed by atoms with Crippen LogP contribution in [0.4, 0.5) is 24.5 Å². The van der Waals surface area contributed by atoms with E-state index in [1.54, 1.807) is 12.1 Å². The van der Waals surface area contributed by atoms with Crippen LogP contribution < -0.4 is 15.4 Å². The molecule has 0 aliphatic rings. The summed E-state index contributed by atoms with van der Waals surface area (Å²) in [6, 6.07) is 8.48. The van der Waals surface area contributed by atoms with E-state index in [4.69, 9.17) is 16.3 Å². The Morgan fingerprint density at radius 3 is 2.04 bits per heavy atom. The highest BCUT2D eigenvalue weighted by molar-refractivity contribution is 6.32. The van der Waals surface area contributed by atoms with E-state index in [9.17, 15) is 22.8 Å². The van der Waals surface area contributed by atoms with Crippen LogP contribution in [0.3, 0.4) is 0 Å². The van der Waals surface area contributed by atoms with E-state index >= 15 is 0 Å². The van der Waals surface area contributed by atoms with Crippen LogP contribution in [0, 0.1) is 0 Å². The van der Waals surface area contributed by atoms with Gasteiger partial charge in [0.15, 0.2) is 0 Å². The third-order valence-corrected chi connectivity index (χ3v) is 3.55. The highest BCUT2D eigenvalue weighted by Crippen LogP contribution is 2.30. The van der Waals surface area contributed by atoms with Gasteiger partial charge in [-0.3, -0.25) is 9.59 Å². The molecule has 0 heterocycles. The molecule has 9 heteroatoms. The van der Waals surface area contributed by atoms with Crippen LogP contribution in [0.15, 0.2) is 42.5 Å². The Kier molecular flexibility index (Phi) is 6.10. The normalized spacial score (nSPS) is 11.0. The summed E-state index contributed by atoms with van der Waals surface area (Å²) in [5.74, 6) is -0.831. The molecule has 0 spiro atoms. The maximum absolute atomic E-state index is 12.5.